The Labute approximate surface area is 156 Å². The summed E-state index contributed by atoms with van der Waals surface area (Å²) in [6.45, 7) is 4.88. The molecule has 0 saturated carbocycles. The van der Waals surface area contributed by atoms with Gasteiger partial charge in [-0.25, -0.2) is 4.79 Å². The van der Waals surface area contributed by atoms with Gasteiger partial charge in [0.15, 0.2) is 5.82 Å². The Morgan fingerprint density at radius 1 is 1.11 bits per heavy atom. The third kappa shape index (κ3) is 3.38. The predicted octanol–water partition coefficient (Wildman–Crippen LogP) is 1.02. The van der Waals surface area contributed by atoms with Crippen LogP contribution in [0.25, 0.3) is 0 Å². The van der Waals surface area contributed by atoms with Crippen LogP contribution in [0.1, 0.15) is 21.6 Å². The number of rotatable bonds is 3. The number of amides is 1. The lowest BCUT2D eigenvalue weighted by atomic mass is 10.1. The highest BCUT2D eigenvalue weighted by atomic mass is 16.4. The minimum atomic E-state index is -1.16. The van der Waals surface area contributed by atoms with Crippen molar-refractivity contribution in [3.05, 3.63) is 41.1 Å². The van der Waals surface area contributed by atoms with E-state index in [0.717, 1.165) is 42.1 Å². The van der Waals surface area contributed by atoms with Crippen molar-refractivity contribution in [1.82, 2.24) is 20.0 Å². The van der Waals surface area contributed by atoms with Gasteiger partial charge in [-0.05, 0) is 31.3 Å². The number of hydrogen-bond acceptors (Lipinski definition) is 6. The molecule has 1 aromatic heterocycles. The number of carbonyl (C=O) groups is 2. The third-order valence-electron chi connectivity index (χ3n) is 5.10. The van der Waals surface area contributed by atoms with E-state index in [1.165, 1.54) is 0 Å². The fourth-order valence-electron chi connectivity index (χ4n) is 3.49. The van der Waals surface area contributed by atoms with Gasteiger partial charge in [-0.2, -0.15) is 4.68 Å². The Morgan fingerprint density at radius 2 is 1.81 bits per heavy atom. The molecule has 3 heterocycles. The lowest BCUT2D eigenvalue weighted by Gasteiger charge is -2.34. The molecule has 0 atom stereocenters. The molecule has 4 rings (SSSR count). The van der Waals surface area contributed by atoms with Crippen LogP contribution >= 0.6 is 0 Å². The normalized spacial score (nSPS) is 17.0. The van der Waals surface area contributed by atoms with E-state index in [1.807, 2.05) is 12.1 Å². The van der Waals surface area contributed by atoms with Gasteiger partial charge in [0, 0.05) is 56.1 Å². The average Bonchev–Trinajstić information content (AvgIpc) is 3.26. The maximum Gasteiger partial charge on any atom is 0.432 e. The first-order valence-electron chi connectivity index (χ1n) is 8.92. The summed E-state index contributed by atoms with van der Waals surface area (Å²) in [7, 11) is 2.11. The van der Waals surface area contributed by atoms with Crippen molar-refractivity contribution in [2.24, 2.45) is 0 Å². The number of nitrogens with zero attached hydrogens (tertiary/aromatic N) is 4. The number of benzene rings is 1. The summed E-state index contributed by atoms with van der Waals surface area (Å²) >= 11 is 0. The van der Waals surface area contributed by atoms with Crippen LogP contribution in [0.15, 0.2) is 24.3 Å². The molecular formula is C18H22N6O3. The fraction of sp³-hybridized carbons (Fsp3) is 0.389. The summed E-state index contributed by atoms with van der Waals surface area (Å²) in [5.41, 5.74) is 2.90. The minimum Gasteiger partial charge on any atom is -0.463 e. The number of piperazine rings is 1. The first-order chi connectivity index (χ1) is 13.0. The lowest BCUT2D eigenvalue weighted by molar-refractivity contribution is 0.102. The Balaban J connectivity index is 1.48. The number of likely N-dealkylation sites (N-methyl/N-ethyl adjacent to an activating group) is 1. The van der Waals surface area contributed by atoms with Crippen molar-refractivity contribution in [3.8, 4) is 0 Å². The van der Waals surface area contributed by atoms with Gasteiger partial charge in [0.2, 0.25) is 0 Å². The number of anilines is 2. The van der Waals surface area contributed by atoms with E-state index in [2.05, 4.69) is 32.6 Å². The van der Waals surface area contributed by atoms with E-state index in [4.69, 9.17) is 0 Å². The monoisotopic (exact) mass is 370 g/mol. The molecule has 142 valence electrons. The maximum atomic E-state index is 12.6. The fourth-order valence-corrected chi connectivity index (χ4v) is 3.49. The van der Waals surface area contributed by atoms with Crippen molar-refractivity contribution >= 4 is 23.5 Å². The molecule has 2 aromatic rings. The van der Waals surface area contributed by atoms with Crippen LogP contribution in [0.4, 0.5) is 16.3 Å². The smallest absolute Gasteiger partial charge is 0.432 e. The van der Waals surface area contributed by atoms with Crippen LogP contribution in [0.2, 0.25) is 0 Å². The number of fused-ring (bicyclic) bond motifs is 1. The Hall–Kier alpha value is -2.91. The van der Waals surface area contributed by atoms with Crippen LogP contribution in [-0.4, -0.2) is 65.0 Å². The van der Waals surface area contributed by atoms with Crippen LogP contribution in [0.5, 0.6) is 0 Å². The minimum absolute atomic E-state index is 0.297. The van der Waals surface area contributed by atoms with Gasteiger partial charge in [0.1, 0.15) is 0 Å². The molecule has 0 radical (unpaired) electrons. The summed E-state index contributed by atoms with van der Waals surface area (Å²) in [4.78, 5) is 28.5. The summed E-state index contributed by atoms with van der Waals surface area (Å²) in [5.74, 6) is -0.00443. The molecule has 2 aliphatic heterocycles. The largest absolute Gasteiger partial charge is 0.463 e. The highest BCUT2D eigenvalue weighted by molar-refractivity contribution is 6.04. The van der Waals surface area contributed by atoms with E-state index in [1.54, 1.807) is 12.1 Å². The van der Waals surface area contributed by atoms with Crippen LogP contribution in [-0.2, 0) is 13.1 Å². The highest BCUT2D eigenvalue weighted by Gasteiger charge is 2.26. The molecule has 9 heteroatoms. The Morgan fingerprint density at radius 3 is 2.48 bits per heavy atom. The van der Waals surface area contributed by atoms with Gasteiger partial charge in [-0.3, -0.25) is 4.79 Å². The van der Waals surface area contributed by atoms with Crippen molar-refractivity contribution in [2.75, 3.05) is 43.4 Å². The SMILES string of the molecule is CN1CCN(c2ccc(C(=O)Nc3nn(C(=O)O)c4c3CNC4)cc2)CC1. The summed E-state index contributed by atoms with van der Waals surface area (Å²) in [6, 6.07) is 7.47. The number of carboxylic acid groups (broad SMARTS) is 1. The van der Waals surface area contributed by atoms with Gasteiger partial charge < -0.3 is 25.5 Å². The Kier molecular flexibility index (Phi) is 4.54. The first kappa shape index (κ1) is 17.5. The molecule has 3 N–H and O–H groups in total. The lowest BCUT2D eigenvalue weighted by Crippen LogP contribution is -2.44. The number of nitrogens with one attached hydrogen (secondary N) is 2. The summed E-state index contributed by atoms with van der Waals surface area (Å²) in [5, 5.41) is 19.1. The van der Waals surface area contributed by atoms with Crippen LogP contribution in [0, 0.1) is 0 Å². The molecule has 27 heavy (non-hydrogen) atoms. The molecule has 0 unspecified atom stereocenters. The van der Waals surface area contributed by atoms with Gasteiger partial charge in [0.25, 0.3) is 5.91 Å². The van der Waals surface area contributed by atoms with E-state index >= 15 is 0 Å². The summed E-state index contributed by atoms with van der Waals surface area (Å²) in [6.07, 6.45) is -1.16. The van der Waals surface area contributed by atoms with Crippen molar-refractivity contribution in [3.63, 3.8) is 0 Å². The molecule has 9 nitrogen and oxygen atoms in total. The Bertz CT molecular complexity index is 868. The third-order valence-corrected chi connectivity index (χ3v) is 5.10. The van der Waals surface area contributed by atoms with Crippen molar-refractivity contribution < 1.29 is 14.7 Å². The molecule has 0 spiro atoms. The second-order valence-electron chi connectivity index (χ2n) is 6.86. The van der Waals surface area contributed by atoms with Crippen LogP contribution in [0.3, 0.4) is 0 Å². The molecule has 1 aromatic carbocycles. The first-order valence-corrected chi connectivity index (χ1v) is 8.92. The van der Waals surface area contributed by atoms with Crippen molar-refractivity contribution in [2.45, 2.75) is 13.1 Å². The van der Waals surface area contributed by atoms with Gasteiger partial charge in [0.05, 0.1) is 5.69 Å². The molecule has 0 aliphatic carbocycles. The van der Waals surface area contributed by atoms with E-state index in [0.29, 0.717) is 30.2 Å². The maximum absolute atomic E-state index is 12.6. The van der Waals surface area contributed by atoms with Gasteiger partial charge >= 0.3 is 6.09 Å². The van der Waals surface area contributed by atoms with E-state index in [9.17, 15) is 14.7 Å². The number of aromatic nitrogens is 2. The molecule has 1 amide bonds. The second kappa shape index (κ2) is 7.01. The molecule has 2 aliphatic rings. The van der Waals surface area contributed by atoms with Crippen molar-refractivity contribution in [1.29, 1.82) is 0 Å². The molecule has 1 fully saturated rings. The molecule has 1 saturated heterocycles. The van der Waals surface area contributed by atoms with Gasteiger partial charge in [-0.15, -0.1) is 5.10 Å². The zero-order valence-corrected chi connectivity index (χ0v) is 15.1. The second-order valence-corrected chi connectivity index (χ2v) is 6.86. The molecule has 0 bridgehead atoms. The van der Waals surface area contributed by atoms with E-state index < -0.39 is 6.09 Å². The highest BCUT2D eigenvalue weighted by Crippen LogP contribution is 2.24. The quantitative estimate of drug-likeness (QED) is 0.741. The number of hydrogen-bond donors (Lipinski definition) is 3. The molecular weight excluding hydrogens is 348 g/mol. The average molecular weight is 370 g/mol. The zero-order chi connectivity index (χ0) is 19.0. The standard InChI is InChI=1S/C18H22N6O3/c1-22-6-8-23(9-7-22)13-4-2-12(3-5-13)17(25)20-16-14-10-19-11-15(14)24(21-16)18(26)27/h2-5,19H,6-11H2,1H3,(H,26,27)(H,20,21,25). The predicted molar refractivity (Wildman–Crippen MR) is 100 cm³/mol. The van der Waals surface area contributed by atoms with E-state index in [-0.39, 0.29) is 5.91 Å². The number of carbonyl (C=O) groups excluding carboxylic acids is 1. The summed E-state index contributed by atoms with van der Waals surface area (Å²) < 4.78 is 0.918. The zero-order valence-electron chi connectivity index (χ0n) is 15.1. The topological polar surface area (TPSA) is 103 Å². The van der Waals surface area contributed by atoms with Gasteiger partial charge in [-0.1, -0.05) is 0 Å². The van der Waals surface area contributed by atoms with Crippen LogP contribution < -0.4 is 15.5 Å².